The van der Waals surface area contributed by atoms with Crippen molar-refractivity contribution in [3.8, 4) is 0 Å². The van der Waals surface area contributed by atoms with E-state index in [4.69, 9.17) is 21.6 Å². The van der Waals surface area contributed by atoms with Crippen LogP contribution in [0.25, 0.3) is 0 Å². The van der Waals surface area contributed by atoms with Gasteiger partial charge in [0.2, 0.25) is 0 Å². The minimum Gasteiger partial charge on any atom is -0.446 e. The zero-order valence-electron chi connectivity index (χ0n) is 28.0. The van der Waals surface area contributed by atoms with Gasteiger partial charge in [-0.25, -0.2) is 9.48 Å². The first-order chi connectivity index (χ1) is 23.3. The molecule has 4 aromatic rings. The first kappa shape index (κ1) is 34.0. The number of carbonyl (C=O) groups excluding carboxylic acids is 1. The van der Waals surface area contributed by atoms with E-state index >= 15 is 0 Å². The second kappa shape index (κ2) is 16.0. The fourth-order valence-electron chi connectivity index (χ4n) is 7.15. The molecule has 1 saturated carbocycles. The van der Waals surface area contributed by atoms with Gasteiger partial charge in [0.1, 0.15) is 11.8 Å². The standard InChI is InChI=1S/C38H47ClN6O3/c1-27-17-18-31(39)25-35(27)44-21-19-43(20-22-44)26-34-37(28(2)46)45(42-41-34)36(24-30-13-7-4-8-14-30)33(23-29-11-5-3-6-12-29)40-38(47)48-32-15-9-10-16-32/h3-8,11-14,17-18,25,28,32-33,36,46H,9-10,15-16,19-24,26H2,1-2H3,(H,40,47)/t28-,33-,36-/m0/s1. The molecule has 0 spiro atoms. The number of aliphatic hydroxyl groups is 1. The Balaban J connectivity index is 1.27. The molecule has 1 aliphatic carbocycles. The molecule has 1 saturated heterocycles. The number of aryl methyl sites for hydroxylation is 1. The number of alkyl carbamates (subject to hydrolysis) is 1. The molecule has 1 amide bonds. The van der Waals surface area contributed by atoms with E-state index in [1.54, 1.807) is 6.92 Å². The highest BCUT2D eigenvalue weighted by Crippen LogP contribution is 2.30. The van der Waals surface area contributed by atoms with E-state index < -0.39 is 12.2 Å². The number of hydrogen-bond acceptors (Lipinski definition) is 7. The molecule has 6 rings (SSSR count). The Bertz CT molecular complexity index is 1620. The van der Waals surface area contributed by atoms with E-state index in [9.17, 15) is 9.90 Å². The SMILES string of the molecule is Cc1ccc(Cl)cc1N1CCN(Cc2nnn([C@@H](Cc3ccccc3)[C@H](Cc3ccccc3)NC(=O)OC3CCCC3)c2[C@H](C)O)CC1. The van der Waals surface area contributed by atoms with Crippen LogP contribution in [0.4, 0.5) is 10.5 Å². The molecule has 3 atom stereocenters. The summed E-state index contributed by atoms with van der Waals surface area (Å²) in [5.74, 6) is 0. The molecule has 1 aliphatic heterocycles. The molecule has 1 aromatic heterocycles. The summed E-state index contributed by atoms with van der Waals surface area (Å²) in [5, 5.41) is 24.6. The van der Waals surface area contributed by atoms with Crippen LogP contribution in [0.15, 0.2) is 78.9 Å². The number of anilines is 1. The van der Waals surface area contributed by atoms with E-state index in [2.05, 4.69) is 57.5 Å². The van der Waals surface area contributed by atoms with E-state index in [0.717, 1.165) is 73.7 Å². The van der Waals surface area contributed by atoms with Crippen molar-refractivity contribution in [2.24, 2.45) is 0 Å². The van der Waals surface area contributed by atoms with Gasteiger partial charge in [-0.15, -0.1) is 5.10 Å². The van der Waals surface area contributed by atoms with Gasteiger partial charge in [0, 0.05) is 43.4 Å². The predicted molar refractivity (Wildman–Crippen MR) is 189 cm³/mol. The Hall–Kier alpha value is -3.92. The maximum Gasteiger partial charge on any atom is 0.407 e. The van der Waals surface area contributed by atoms with Crippen LogP contribution < -0.4 is 10.2 Å². The number of nitrogens with zero attached hydrogens (tertiary/aromatic N) is 5. The van der Waals surface area contributed by atoms with E-state index in [1.807, 2.05) is 53.2 Å². The summed E-state index contributed by atoms with van der Waals surface area (Å²) < 4.78 is 7.75. The molecule has 2 aliphatic rings. The predicted octanol–water partition coefficient (Wildman–Crippen LogP) is 6.68. The first-order valence-corrected chi connectivity index (χ1v) is 17.6. The van der Waals surface area contributed by atoms with Crippen LogP contribution in [-0.2, 0) is 24.1 Å². The van der Waals surface area contributed by atoms with Gasteiger partial charge in [-0.2, -0.15) is 0 Å². The zero-order chi connectivity index (χ0) is 33.5. The molecule has 254 valence electrons. The van der Waals surface area contributed by atoms with Crippen molar-refractivity contribution in [3.63, 3.8) is 0 Å². The van der Waals surface area contributed by atoms with Gasteiger partial charge in [0.25, 0.3) is 0 Å². The molecule has 0 bridgehead atoms. The van der Waals surface area contributed by atoms with Crippen molar-refractivity contribution in [1.29, 1.82) is 0 Å². The number of aromatic nitrogens is 3. The van der Waals surface area contributed by atoms with Gasteiger partial charge in [0.05, 0.1) is 23.9 Å². The van der Waals surface area contributed by atoms with Crippen LogP contribution in [0.3, 0.4) is 0 Å². The van der Waals surface area contributed by atoms with Gasteiger partial charge in [-0.1, -0.05) is 83.5 Å². The third-order valence-electron chi connectivity index (χ3n) is 9.70. The van der Waals surface area contributed by atoms with E-state index in [1.165, 1.54) is 11.3 Å². The minimum atomic E-state index is -0.813. The number of nitrogens with one attached hydrogen (secondary N) is 1. The molecular formula is C38H47ClN6O3. The number of piperazine rings is 1. The molecular weight excluding hydrogens is 624 g/mol. The molecule has 0 radical (unpaired) electrons. The summed E-state index contributed by atoms with van der Waals surface area (Å²) >= 11 is 6.32. The lowest BCUT2D eigenvalue weighted by molar-refractivity contribution is 0.0940. The highest BCUT2D eigenvalue weighted by atomic mass is 35.5. The van der Waals surface area contributed by atoms with Crippen LogP contribution in [0, 0.1) is 6.92 Å². The van der Waals surface area contributed by atoms with Gasteiger partial charge >= 0.3 is 6.09 Å². The second-order valence-corrected chi connectivity index (χ2v) is 13.7. The van der Waals surface area contributed by atoms with Crippen molar-refractivity contribution in [2.45, 2.75) is 83.2 Å². The monoisotopic (exact) mass is 670 g/mol. The fraction of sp³-hybridized carbons (Fsp3) is 0.447. The van der Waals surface area contributed by atoms with E-state index in [-0.39, 0.29) is 18.2 Å². The average Bonchev–Trinajstić information content (AvgIpc) is 3.76. The lowest BCUT2D eigenvalue weighted by Crippen LogP contribution is -2.46. The Kier molecular flexibility index (Phi) is 11.3. The third kappa shape index (κ3) is 8.56. The number of ether oxygens (including phenoxy) is 1. The number of carbonyl (C=O) groups is 1. The van der Waals surface area contributed by atoms with Crippen LogP contribution in [0.1, 0.15) is 72.8 Å². The highest BCUT2D eigenvalue weighted by molar-refractivity contribution is 6.30. The molecule has 3 aromatic carbocycles. The number of benzene rings is 3. The Labute approximate surface area is 288 Å². The normalized spacial score (nSPS) is 17.6. The maximum absolute atomic E-state index is 13.4. The minimum absolute atomic E-state index is 0.0517. The van der Waals surface area contributed by atoms with Crippen molar-refractivity contribution >= 4 is 23.4 Å². The summed E-state index contributed by atoms with van der Waals surface area (Å²) in [5.41, 5.74) is 6.00. The number of amides is 1. The summed E-state index contributed by atoms with van der Waals surface area (Å²) in [6.45, 7) is 7.87. The maximum atomic E-state index is 13.4. The number of rotatable bonds is 12. The topological polar surface area (TPSA) is 95.8 Å². The van der Waals surface area contributed by atoms with Crippen LogP contribution in [0.2, 0.25) is 5.02 Å². The van der Waals surface area contributed by atoms with Crippen LogP contribution in [-0.4, -0.2) is 69.4 Å². The fourth-order valence-corrected chi connectivity index (χ4v) is 7.32. The Morgan fingerprint density at radius 2 is 1.60 bits per heavy atom. The quantitative estimate of drug-likeness (QED) is 0.174. The van der Waals surface area contributed by atoms with Crippen molar-refractivity contribution in [3.05, 3.63) is 112 Å². The molecule has 48 heavy (non-hydrogen) atoms. The van der Waals surface area contributed by atoms with Crippen molar-refractivity contribution in [2.75, 3.05) is 31.1 Å². The molecule has 2 heterocycles. The molecule has 2 fully saturated rings. The molecule has 10 heteroatoms. The largest absolute Gasteiger partial charge is 0.446 e. The van der Waals surface area contributed by atoms with Gasteiger partial charge in [0.15, 0.2) is 0 Å². The highest BCUT2D eigenvalue weighted by Gasteiger charge is 2.33. The lowest BCUT2D eigenvalue weighted by Gasteiger charge is -2.36. The summed E-state index contributed by atoms with van der Waals surface area (Å²) in [6.07, 6.45) is 3.84. The number of aliphatic hydroxyl groups excluding tert-OH is 1. The van der Waals surface area contributed by atoms with Gasteiger partial charge in [-0.05, 0) is 81.2 Å². The van der Waals surface area contributed by atoms with Gasteiger partial charge in [-0.3, -0.25) is 4.90 Å². The first-order valence-electron chi connectivity index (χ1n) is 17.2. The van der Waals surface area contributed by atoms with Crippen molar-refractivity contribution in [1.82, 2.24) is 25.2 Å². The summed E-state index contributed by atoms with van der Waals surface area (Å²) in [7, 11) is 0. The van der Waals surface area contributed by atoms with Crippen LogP contribution in [0.5, 0.6) is 0 Å². The summed E-state index contributed by atoms with van der Waals surface area (Å²) in [6, 6.07) is 25.7. The number of halogens is 1. The molecule has 2 N–H and O–H groups in total. The van der Waals surface area contributed by atoms with Crippen molar-refractivity contribution < 1.29 is 14.6 Å². The molecule has 9 nitrogen and oxygen atoms in total. The molecule has 0 unspecified atom stereocenters. The third-order valence-corrected chi connectivity index (χ3v) is 9.94. The van der Waals surface area contributed by atoms with Crippen LogP contribution >= 0.6 is 11.6 Å². The number of hydrogen-bond donors (Lipinski definition) is 2. The summed E-state index contributed by atoms with van der Waals surface area (Å²) in [4.78, 5) is 18.1. The van der Waals surface area contributed by atoms with Gasteiger partial charge < -0.3 is 20.1 Å². The second-order valence-electron chi connectivity index (χ2n) is 13.2. The van der Waals surface area contributed by atoms with E-state index in [0.29, 0.717) is 25.1 Å². The average molecular weight is 671 g/mol. The Morgan fingerprint density at radius 1 is 0.958 bits per heavy atom. The lowest BCUT2D eigenvalue weighted by atomic mass is 9.93. The Morgan fingerprint density at radius 3 is 2.25 bits per heavy atom. The smallest absolute Gasteiger partial charge is 0.407 e. The zero-order valence-corrected chi connectivity index (χ0v) is 28.7.